The highest BCUT2D eigenvalue weighted by molar-refractivity contribution is 6.07. The fourth-order valence-corrected chi connectivity index (χ4v) is 2.04. The maximum Gasteiger partial charge on any atom is 0.185 e. The number of nitriles is 1. The standard InChI is InChI=1S/C17H16N2O2/c1-12-13(9-15(11-18)19(12)2)7-8-17(20)14-5-4-6-16(10-14)21-3/h4-10H,1-3H3/b8-7+. The average molecular weight is 280 g/mol. The minimum absolute atomic E-state index is 0.101. The fraction of sp³-hybridized carbons (Fsp3) is 0.176. The largest absolute Gasteiger partial charge is 0.497 e. The Hall–Kier alpha value is -2.80. The van der Waals surface area contributed by atoms with Gasteiger partial charge >= 0.3 is 0 Å². The minimum Gasteiger partial charge on any atom is -0.497 e. The van der Waals surface area contributed by atoms with Crippen LogP contribution in [-0.4, -0.2) is 17.5 Å². The van der Waals surface area contributed by atoms with Crippen LogP contribution in [-0.2, 0) is 7.05 Å². The summed E-state index contributed by atoms with van der Waals surface area (Å²) < 4.78 is 6.91. The van der Waals surface area contributed by atoms with Crippen molar-refractivity contribution in [3.63, 3.8) is 0 Å². The average Bonchev–Trinajstić information content (AvgIpc) is 2.80. The molecule has 4 nitrogen and oxygen atoms in total. The predicted molar refractivity (Wildman–Crippen MR) is 81.2 cm³/mol. The van der Waals surface area contributed by atoms with Crippen LogP contribution < -0.4 is 4.74 Å². The van der Waals surface area contributed by atoms with Crippen LogP contribution in [0.15, 0.2) is 36.4 Å². The number of aromatic nitrogens is 1. The first kappa shape index (κ1) is 14.6. The van der Waals surface area contributed by atoms with Crippen LogP contribution in [0.5, 0.6) is 5.75 Å². The van der Waals surface area contributed by atoms with E-state index in [1.54, 1.807) is 48.1 Å². The number of allylic oxidation sites excluding steroid dienone is 1. The molecule has 0 saturated heterocycles. The second-order valence-corrected chi connectivity index (χ2v) is 4.67. The summed E-state index contributed by atoms with van der Waals surface area (Å²) in [5.41, 5.74) is 2.95. The summed E-state index contributed by atoms with van der Waals surface area (Å²) in [7, 11) is 3.39. The van der Waals surface area contributed by atoms with Gasteiger partial charge in [-0.2, -0.15) is 5.26 Å². The molecule has 0 aliphatic heterocycles. The zero-order valence-electron chi connectivity index (χ0n) is 12.3. The number of benzene rings is 1. The second kappa shape index (κ2) is 6.10. The number of nitrogens with zero attached hydrogens (tertiary/aromatic N) is 2. The highest BCUT2D eigenvalue weighted by atomic mass is 16.5. The summed E-state index contributed by atoms with van der Waals surface area (Å²) >= 11 is 0. The number of hydrogen-bond donors (Lipinski definition) is 0. The molecule has 0 spiro atoms. The second-order valence-electron chi connectivity index (χ2n) is 4.67. The quantitative estimate of drug-likeness (QED) is 0.638. The summed E-state index contributed by atoms with van der Waals surface area (Å²) in [6.45, 7) is 1.91. The molecule has 0 unspecified atom stereocenters. The lowest BCUT2D eigenvalue weighted by Gasteiger charge is -2.01. The van der Waals surface area contributed by atoms with Gasteiger partial charge < -0.3 is 9.30 Å². The Balaban J connectivity index is 2.25. The molecule has 2 aromatic rings. The number of ether oxygens (including phenoxy) is 1. The molecule has 0 saturated carbocycles. The summed E-state index contributed by atoms with van der Waals surface area (Å²) in [5.74, 6) is 0.549. The van der Waals surface area contributed by atoms with E-state index in [0.29, 0.717) is 17.0 Å². The molecule has 1 aromatic carbocycles. The van der Waals surface area contributed by atoms with Crippen molar-refractivity contribution in [2.24, 2.45) is 7.05 Å². The third-order valence-electron chi connectivity index (χ3n) is 3.46. The van der Waals surface area contributed by atoms with E-state index in [-0.39, 0.29) is 5.78 Å². The van der Waals surface area contributed by atoms with Crippen LogP contribution in [0.3, 0.4) is 0 Å². The molecule has 106 valence electrons. The van der Waals surface area contributed by atoms with Gasteiger partial charge in [-0.25, -0.2) is 0 Å². The summed E-state index contributed by atoms with van der Waals surface area (Å²) in [6.07, 6.45) is 3.25. The first-order chi connectivity index (χ1) is 10.1. The van der Waals surface area contributed by atoms with Gasteiger partial charge in [0.25, 0.3) is 0 Å². The molecular formula is C17H16N2O2. The van der Waals surface area contributed by atoms with E-state index >= 15 is 0 Å². The van der Waals surface area contributed by atoms with Crippen molar-refractivity contribution in [2.45, 2.75) is 6.92 Å². The van der Waals surface area contributed by atoms with Crippen LogP contribution in [0.1, 0.15) is 27.3 Å². The van der Waals surface area contributed by atoms with E-state index in [1.807, 2.05) is 14.0 Å². The predicted octanol–water partition coefficient (Wildman–Crippen LogP) is 3.11. The van der Waals surface area contributed by atoms with Crippen LogP contribution in [0, 0.1) is 18.3 Å². The van der Waals surface area contributed by atoms with Gasteiger partial charge in [-0.15, -0.1) is 0 Å². The first-order valence-corrected chi connectivity index (χ1v) is 6.49. The number of hydrogen-bond acceptors (Lipinski definition) is 3. The molecule has 1 aromatic heterocycles. The molecular weight excluding hydrogens is 264 g/mol. The molecule has 4 heteroatoms. The Labute approximate surface area is 123 Å². The highest BCUT2D eigenvalue weighted by Crippen LogP contribution is 2.17. The van der Waals surface area contributed by atoms with E-state index < -0.39 is 0 Å². The number of ketones is 1. The smallest absolute Gasteiger partial charge is 0.185 e. The lowest BCUT2D eigenvalue weighted by Crippen LogP contribution is -1.95. The summed E-state index contributed by atoms with van der Waals surface area (Å²) in [6, 6.07) is 10.9. The van der Waals surface area contributed by atoms with Gasteiger partial charge in [0.1, 0.15) is 17.5 Å². The molecule has 21 heavy (non-hydrogen) atoms. The molecule has 0 N–H and O–H groups in total. The Morgan fingerprint density at radius 1 is 1.38 bits per heavy atom. The van der Waals surface area contributed by atoms with Crippen LogP contribution in [0.2, 0.25) is 0 Å². The molecule has 1 heterocycles. The van der Waals surface area contributed by atoms with Crippen molar-refractivity contribution < 1.29 is 9.53 Å². The Bertz CT molecular complexity index is 749. The van der Waals surface area contributed by atoms with E-state index in [2.05, 4.69) is 6.07 Å². The maximum atomic E-state index is 12.1. The Kier molecular flexibility index (Phi) is 4.24. The van der Waals surface area contributed by atoms with Crippen LogP contribution in [0.4, 0.5) is 0 Å². The number of rotatable bonds is 4. The first-order valence-electron chi connectivity index (χ1n) is 6.49. The highest BCUT2D eigenvalue weighted by Gasteiger charge is 2.07. The van der Waals surface area contributed by atoms with Crippen molar-refractivity contribution in [1.29, 1.82) is 5.26 Å². The maximum absolute atomic E-state index is 12.1. The number of carbonyl (C=O) groups is 1. The van der Waals surface area contributed by atoms with Gasteiger partial charge in [0.05, 0.1) is 7.11 Å². The molecule has 0 aliphatic rings. The molecule has 0 fully saturated rings. The van der Waals surface area contributed by atoms with E-state index in [1.165, 1.54) is 6.08 Å². The van der Waals surface area contributed by atoms with E-state index in [0.717, 1.165) is 11.3 Å². The van der Waals surface area contributed by atoms with Crippen LogP contribution >= 0.6 is 0 Å². The normalized spacial score (nSPS) is 10.6. The van der Waals surface area contributed by atoms with Crippen molar-refractivity contribution in [1.82, 2.24) is 4.57 Å². The van der Waals surface area contributed by atoms with Crippen LogP contribution in [0.25, 0.3) is 6.08 Å². The topological polar surface area (TPSA) is 55.0 Å². The van der Waals surface area contributed by atoms with Crippen molar-refractivity contribution in [2.75, 3.05) is 7.11 Å². The molecule has 0 amide bonds. The molecule has 2 rings (SSSR count). The number of methoxy groups -OCH3 is 1. The molecule has 0 radical (unpaired) electrons. The molecule has 0 bridgehead atoms. The monoisotopic (exact) mass is 280 g/mol. The SMILES string of the molecule is COc1cccc(C(=O)/C=C/c2cc(C#N)n(C)c2C)c1. The van der Waals surface area contributed by atoms with E-state index in [4.69, 9.17) is 10.00 Å². The van der Waals surface area contributed by atoms with Gasteiger partial charge in [0.15, 0.2) is 5.78 Å². The third kappa shape index (κ3) is 3.03. The Morgan fingerprint density at radius 3 is 2.76 bits per heavy atom. The zero-order valence-corrected chi connectivity index (χ0v) is 12.3. The van der Waals surface area contributed by atoms with Gasteiger partial charge in [-0.05, 0) is 42.8 Å². The van der Waals surface area contributed by atoms with Gasteiger partial charge in [0, 0.05) is 18.3 Å². The van der Waals surface area contributed by atoms with Gasteiger partial charge in [-0.1, -0.05) is 12.1 Å². The van der Waals surface area contributed by atoms with Crippen molar-refractivity contribution >= 4 is 11.9 Å². The van der Waals surface area contributed by atoms with Crippen molar-refractivity contribution in [3.05, 3.63) is 58.9 Å². The van der Waals surface area contributed by atoms with E-state index in [9.17, 15) is 4.79 Å². The van der Waals surface area contributed by atoms with Gasteiger partial charge in [0.2, 0.25) is 0 Å². The van der Waals surface area contributed by atoms with Gasteiger partial charge in [-0.3, -0.25) is 4.79 Å². The minimum atomic E-state index is -0.101. The van der Waals surface area contributed by atoms with Crippen molar-refractivity contribution in [3.8, 4) is 11.8 Å². The summed E-state index contributed by atoms with van der Waals surface area (Å²) in [5, 5.41) is 8.99. The summed E-state index contributed by atoms with van der Waals surface area (Å²) in [4.78, 5) is 12.1. The fourth-order valence-electron chi connectivity index (χ4n) is 2.04. The number of carbonyl (C=O) groups excluding carboxylic acids is 1. The molecule has 0 atom stereocenters. The Morgan fingerprint density at radius 2 is 2.14 bits per heavy atom. The third-order valence-corrected chi connectivity index (χ3v) is 3.46. The lowest BCUT2D eigenvalue weighted by atomic mass is 10.1. The molecule has 0 aliphatic carbocycles. The lowest BCUT2D eigenvalue weighted by molar-refractivity contribution is 0.104. The zero-order chi connectivity index (χ0) is 15.4.